The molecule has 0 aromatic heterocycles. The van der Waals surface area contributed by atoms with Crippen molar-refractivity contribution in [3.05, 3.63) is 35.4 Å². The molecule has 0 saturated heterocycles. The monoisotopic (exact) mass is 272 g/mol. The van der Waals surface area contributed by atoms with Crippen LogP contribution < -0.4 is 11.1 Å². The van der Waals surface area contributed by atoms with Gasteiger partial charge in [-0.2, -0.15) is 0 Å². The van der Waals surface area contributed by atoms with Gasteiger partial charge in [0.1, 0.15) is 0 Å². The largest absolute Gasteiger partial charge is 0.383 e. The molecule has 0 saturated carbocycles. The van der Waals surface area contributed by atoms with Crippen molar-refractivity contribution < 1.29 is 18.3 Å². The number of carbonyl (C=O) groups is 1. The number of hydrogen-bond donors (Lipinski definition) is 2. The number of rotatable bonds is 7. The minimum Gasteiger partial charge on any atom is -0.383 e. The van der Waals surface area contributed by atoms with Crippen LogP contribution in [0.25, 0.3) is 0 Å². The number of methoxy groups -OCH3 is 1. The Hall–Kier alpha value is -1.53. The highest BCUT2D eigenvalue weighted by molar-refractivity contribution is 5.78. The van der Waals surface area contributed by atoms with Crippen molar-refractivity contribution in [2.45, 2.75) is 18.9 Å². The molecule has 1 atom stereocenters. The predicted molar refractivity (Wildman–Crippen MR) is 67.5 cm³/mol. The Morgan fingerprint density at radius 3 is 2.74 bits per heavy atom. The molecule has 1 aromatic carbocycles. The van der Waals surface area contributed by atoms with Crippen molar-refractivity contribution in [2.75, 3.05) is 20.3 Å². The van der Waals surface area contributed by atoms with E-state index in [1.54, 1.807) is 0 Å². The molecular weight excluding hydrogens is 254 g/mol. The third-order valence-electron chi connectivity index (χ3n) is 2.60. The first kappa shape index (κ1) is 15.5. The summed E-state index contributed by atoms with van der Waals surface area (Å²) in [5.74, 6) is -2.16. The van der Waals surface area contributed by atoms with Crippen LogP contribution in [-0.4, -0.2) is 32.2 Å². The van der Waals surface area contributed by atoms with Gasteiger partial charge in [0.05, 0.1) is 19.1 Å². The molecule has 0 fully saturated rings. The number of nitrogens with one attached hydrogen (secondary N) is 1. The molecule has 1 unspecified atom stereocenters. The van der Waals surface area contributed by atoms with Crippen LogP contribution in [0.4, 0.5) is 8.78 Å². The Kier molecular flexibility index (Phi) is 6.38. The maximum absolute atomic E-state index is 13.0. The Bertz CT molecular complexity index is 421. The number of nitrogens with two attached hydrogens (primary N) is 1. The summed E-state index contributed by atoms with van der Waals surface area (Å²) in [7, 11) is 1.53. The molecule has 0 radical (unpaired) electrons. The highest BCUT2D eigenvalue weighted by Crippen LogP contribution is 2.09. The van der Waals surface area contributed by atoms with E-state index in [0.29, 0.717) is 25.1 Å². The van der Waals surface area contributed by atoms with E-state index in [-0.39, 0.29) is 18.4 Å². The van der Waals surface area contributed by atoms with Gasteiger partial charge in [-0.05, 0) is 30.7 Å². The molecule has 0 aliphatic rings. The molecule has 6 heteroatoms. The summed E-state index contributed by atoms with van der Waals surface area (Å²) >= 11 is 0. The average Bonchev–Trinajstić information content (AvgIpc) is 2.34. The normalized spacial score (nSPS) is 12.2. The second kappa shape index (κ2) is 7.81. The van der Waals surface area contributed by atoms with Crippen LogP contribution >= 0.6 is 0 Å². The van der Waals surface area contributed by atoms with Crippen molar-refractivity contribution in [1.82, 2.24) is 5.32 Å². The standard InChI is InChI=1S/C13H18F2N2O2/c1-19-8-10(4-5-16)17-13(18)7-9-2-3-11(14)12(15)6-9/h2-3,6,10H,4-5,7-8,16H2,1H3,(H,17,18). The van der Waals surface area contributed by atoms with Crippen molar-refractivity contribution in [3.63, 3.8) is 0 Å². The molecule has 1 rings (SSSR count). The maximum atomic E-state index is 13.0. The maximum Gasteiger partial charge on any atom is 0.224 e. The molecule has 0 aliphatic carbocycles. The van der Waals surface area contributed by atoms with Gasteiger partial charge in [-0.3, -0.25) is 4.79 Å². The van der Waals surface area contributed by atoms with Gasteiger partial charge in [-0.25, -0.2) is 8.78 Å². The molecule has 4 nitrogen and oxygen atoms in total. The zero-order valence-electron chi connectivity index (χ0n) is 10.8. The van der Waals surface area contributed by atoms with Crippen LogP contribution in [0.3, 0.4) is 0 Å². The lowest BCUT2D eigenvalue weighted by Crippen LogP contribution is -2.40. The SMILES string of the molecule is COCC(CCN)NC(=O)Cc1ccc(F)c(F)c1. The average molecular weight is 272 g/mol. The van der Waals surface area contributed by atoms with Crippen molar-refractivity contribution in [2.24, 2.45) is 5.73 Å². The predicted octanol–water partition coefficient (Wildman–Crippen LogP) is 0.987. The van der Waals surface area contributed by atoms with E-state index in [4.69, 9.17) is 10.5 Å². The Balaban J connectivity index is 2.55. The molecule has 0 bridgehead atoms. The number of carbonyl (C=O) groups excluding carboxylic acids is 1. The first-order chi connectivity index (χ1) is 9.06. The van der Waals surface area contributed by atoms with Crippen molar-refractivity contribution in [1.29, 1.82) is 0 Å². The molecule has 0 spiro atoms. The number of amides is 1. The van der Waals surface area contributed by atoms with Crippen LogP contribution in [0.5, 0.6) is 0 Å². The Labute approximate surface area is 110 Å². The van der Waals surface area contributed by atoms with E-state index in [2.05, 4.69) is 5.32 Å². The van der Waals surface area contributed by atoms with E-state index in [9.17, 15) is 13.6 Å². The van der Waals surface area contributed by atoms with Gasteiger partial charge in [-0.1, -0.05) is 6.07 Å². The molecule has 1 aromatic rings. The fourth-order valence-electron chi connectivity index (χ4n) is 1.71. The second-order valence-electron chi connectivity index (χ2n) is 4.22. The van der Waals surface area contributed by atoms with E-state index in [1.165, 1.54) is 13.2 Å². The summed E-state index contributed by atoms with van der Waals surface area (Å²) in [5, 5.41) is 2.74. The van der Waals surface area contributed by atoms with Crippen LogP contribution in [0.2, 0.25) is 0 Å². The molecule has 3 N–H and O–H groups in total. The number of benzene rings is 1. The van der Waals surface area contributed by atoms with E-state index >= 15 is 0 Å². The van der Waals surface area contributed by atoms with Crippen LogP contribution in [0.15, 0.2) is 18.2 Å². The van der Waals surface area contributed by atoms with Gasteiger partial charge in [0.25, 0.3) is 0 Å². The summed E-state index contributed by atoms with van der Waals surface area (Å²) in [6, 6.07) is 3.23. The Morgan fingerprint density at radius 1 is 1.42 bits per heavy atom. The van der Waals surface area contributed by atoms with Gasteiger partial charge in [0.15, 0.2) is 11.6 Å². The van der Waals surface area contributed by atoms with Crippen LogP contribution in [0, 0.1) is 11.6 Å². The van der Waals surface area contributed by atoms with E-state index < -0.39 is 11.6 Å². The van der Waals surface area contributed by atoms with Gasteiger partial charge in [0.2, 0.25) is 5.91 Å². The molecule has 0 aliphatic heterocycles. The van der Waals surface area contributed by atoms with Gasteiger partial charge < -0.3 is 15.8 Å². The summed E-state index contributed by atoms with van der Waals surface area (Å²) in [5.41, 5.74) is 5.84. The van der Waals surface area contributed by atoms with Gasteiger partial charge in [0, 0.05) is 7.11 Å². The number of hydrogen-bond acceptors (Lipinski definition) is 3. The number of ether oxygens (including phenoxy) is 1. The minimum absolute atomic E-state index is 0.0119. The lowest BCUT2D eigenvalue weighted by molar-refractivity contribution is -0.121. The number of halogens is 2. The molecule has 19 heavy (non-hydrogen) atoms. The summed E-state index contributed by atoms with van der Waals surface area (Å²) in [6.07, 6.45) is 0.583. The molecular formula is C13H18F2N2O2. The third kappa shape index (κ3) is 5.32. The fourth-order valence-corrected chi connectivity index (χ4v) is 1.71. The molecule has 1 amide bonds. The first-order valence-corrected chi connectivity index (χ1v) is 5.99. The first-order valence-electron chi connectivity index (χ1n) is 5.99. The highest BCUT2D eigenvalue weighted by Gasteiger charge is 2.12. The van der Waals surface area contributed by atoms with Crippen LogP contribution in [-0.2, 0) is 16.0 Å². The molecule has 0 heterocycles. The zero-order chi connectivity index (χ0) is 14.3. The summed E-state index contributed by atoms with van der Waals surface area (Å²) in [6.45, 7) is 0.792. The van der Waals surface area contributed by atoms with Crippen molar-refractivity contribution >= 4 is 5.91 Å². The topological polar surface area (TPSA) is 64.3 Å². The lowest BCUT2D eigenvalue weighted by atomic mass is 10.1. The smallest absolute Gasteiger partial charge is 0.224 e. The lowest BCUT2D eigenvalue weighted by Gasteiger charge is -2.17. The summed E-state index contributed by atoms with van der Waals surface area (Å²) < 4.78 is 30.7. The fraction of sp³-hybridized carbons (Fsp3) is 0.462. The van der Waals surface area contributed by atoms with E-state index in [1.807, 2.05) is 0 Å². The van der Waals surface area contributed by atoms with Crippen molar-refractivity contribution in [3.8, 4) is 0 Å². The highest BCUT2D eigenvalue weighted by atomic mass is 19.2. The van der Waals surface area contributed by atoms with Gasteiger partial charge >= 0.3 is 0 Å². The summed E-state index contributed by atoms with van der Waals surface area (Å²) in [4.78, 5) is 11.7. The third-order valence-corrected chi connectivity index (χ3v) is 2.60. The quantitative estimate of drug-likeness (QED) is 0.778. The van der Waals surface area contributed by atoms with Gasteiger partial charge in [-0.15, -0.1) is 0 Å². The Morgan fingerprint density at radius 2 is 2.16 bits per heavy atom. The van der Waals surface area contributed by atoms with E-state index in [0.717, 1.165) is 12.1 Å². The molecule has 106 valence electrons. The zero-order valence-corrected chi connectivity index (χ0v) is 10.8. The van der Waals surface area contributed by atoms with Crippen LogP contribution in [0.1, 0.15) is 12.0 Å². The minimum atomic E-state index is -0.958. The second-order valence-corrected chi connectivity index (χ2v) is 4.22.